The maximum Gasteiger partial charge on any atom is 0.0762 e. The summed E-state index contributed by atoms with van der Waals surface area (Å²) in [6.45, 7) is 1.98. The molecule has 0 spiro atoms. The van der Waals surface area contributed by atoms with Crippen molar-refractivity contribution >= 4 is 11.6 Å². The van der Waals surface area contributed by atoms with Crippen LogP contribution in [0.1, 0.15) is 69.5 Å². The molecule has 1 saturated carbocycles. The third kappa shape index (κ3) is 5.45. The highest BCUT2D eigenvalue weighted by molar-refractivity contribution is 6.17. The van der Waals surface area contributed by atoms with E-state index in [1.807, 2.05) is 0 Å². The molecule has 0 aliphatic heterocycles. The Kier molecular flexibility index (Phi) is 7.45. The molecule has 1 aromatic heterocycles. The summed E-state index contributed by atoms with van der Waals surface area (Å²) in [4.78, 5) is 0. The van der Waals surface area contributed by atoms with E-state index in [4.69, 9.17) is 16.7 Å². The van der Waals surface area contributed by atoms with E-state index in [1.54, 1.807) is 0 Å². The number of unbranched alkanes of at least 4 members (excludes halogenated alkanes) is 3. The molecular formula is C16H28ClN3. The number of rotatable bonds is 9. The van der Waals surface area contributed by atoms with Crippen molar-refractivity contribution in [2.45, 2.75) is 70.4 Å². The van der Waals surface area contributed by atoms with Crippen molar-refractivity contribution in [2.75, 3.05) is 12.4 Å². The minimum atomic E-state index is 0.646. The summed E-state index contributed by atoms with van der Waals surface area (Å²) in [6, 6.07) is 2.81. The van der Waals surface area contributed by atoms with Crippen molar-refractivity contribution in [1.82, 2.24) is 15.1 Å². The number of nitrogens with zero attached hydrogens (tertiary/aromatic N) is 2. The van der Waals surface area contributed by atoms with Gasteiger partial charge >= 0.3 is 0 Å². The van der Waals surface area contributed by atoms with E-state index >= 15 is 0 Å². The first-order valence-corrected chi connectivity index (χ1v) is 8.74. The van der Waals surface area contributed by atoms with Crippen molar-refractivity contribution in [3.8, 4) is 0 Å². The molecule has 1 aromatic rings. The lowest BCUT2D eigenvalue weighted by atomic mass is 9.96. The molecule has 0 atom stereocenters. The van der Waals surface area contributed by atoms with Crippen LogP contribution >= 0.6 is 11.6 Å². The van der Waals surface area contributed by atoms with Crippen molar-refractivity contribution < 1.29 is 0 Å². The highest BCUT2D eigenvalue weighted by atomic mass is 35.5. The van der Waals surface area contributed by atoms with Crippen LogP contribution < -0.4 is 5.32 Å². The van der Waals surface area contributed by atoms with Gasteiger partial charge in [-0.05, 0) is 38.3 Å². The summed E-state index contributed by atoms with van der Waals surface area (Å²) in [5.41, 5.74) is 1.18. The van der Waals surface area contributed by atoms with E-state index in [0.29, 0.717) is 6.04 Å². The molecule has 3 nitrogen and oxygen atoms in total. The third-order valence-corrected chi connectivity index (χ3v) is 4.42. The highest BCUT2D eigenvalue weighted by Crippen LogP contribution is 2.27. The Morgan fingerprint density at radius 2 is 1.95 bits per heavy atom. The van der Waals surface area contributed by atoms with Gasteiger partial charge in [0.2, 0.25) is 0 Å². The Bertz CT molecular complexity index is 358. The molecule has 1 aliphatic carbocycles. The first-order valence-electron chi connectivity index (χ1n) is 8.21. The van der Waals surface area contributed by atoms with Crippen LogP contribution in [0.5, 0.6) is 0 Å². The molecule has 1 N–H and O–H groups in total. The maximum absolute atomic E-state index is 5.66. The van der Waals surface area contributed by atoms with Gasteiger partial charge in [0.25, 0.3) is 0 Å². The summed E-state index contributed by atoms with van der Waals surface area (Å²) in [6.07, 6.45) is 13.8. The molecule has 2 rings (SSSR count). The average Bonchev–Trinajstić information content (AvgIpc) is 2.96. The summed E-state index contributed by atoms with van der Waals surface area (Å²) >= 11 is 5.66. The summed E-state index contributed by atoms with van der Waals surface area (Å²) < 4.78 is 2.19. The van der Waals surface area contributed by atoms with Gasteiger partial charge in [-0.2, -0.15) is 5.10 Å². The predicted molar refractivity (Wildman–Crippen MR) is 85.2 cm³/mol. The van der Waals surface area contributed by atoms with Crippen LogP contribution in [-0.4, -0.2) is 22.2 Å². The fraction of sp³-hybridized carbons (Fsp3) is 0.812. The Labute approximate surface area is 128 Å². The lowest BCUT2D eigenvalue weighted by Crippen LogP contribution is -2.17. The van der Waals surface area contributed by atoms with Gasteiger partial charge in [-0.3, -0.25) is 4.68 Å². The van der Waals surface area contributed by atoms with Crippen molar-refractivity contribution in [3.05, 3.63) is 18.0 Å². The minimum Gasteiger partial charge on any atom is -0.311 e. The van der Waals surface area contributed by atoms with Gasteiger partial charge in [0, 0.05) is 18.6 Å². The fourth-order valence-corrected chi connectivity index (χ4v) is 3.12. The average molecular weight is 298 g/mol. The lowest BCUT2D eigenvalue weighted by molar-refractivity contribution is 0.327. The number of nitrogens with one attached hydrogen (secondary N) is 1. The van der Waals surface area contributed by atoms with Gasteiger partial charge in [0.15, 0.2) is 0 Å². The number of alkyl halides is 1. The zero-order valence-electron chi connectivity index (χ0n) is 12.5. The van der Waals surface area contributed by atoms with Crippen molar-refractivity contribution in [3.63, 3.8) is 0 Å². The zero-order chi connectivity index (χ0) is 14.0. The van der Waals surface area contributed by atoms with Crippen LogP contribution in [0.3, 0.4) is 0 Å². The first kappa shape index (κ1) is 15.8. The summed E-state index contributed by atoms with van der Waals surface area (Å²) in [5, 5.41) is 8.20. The molecule has 1 fully saturated rings. The quantitative estimate of drug-likeness (QED) is 0.545. The molecule has 0 radical (unpaired) electrons. The Hall–Kier alpha value is -0.540. The van der Waals surface area contributed by atoms with E-state index in [1.165, 1.54) is 57.1 Å². The fourth-order valence-electron chi connectivity index (χ4n) is 2.94. The second-order valence-electron chi connectivity index (χ2n) is 5.86. The van der Waals surface area contributed by atoms with Crippen LogP contribution in [0.4, 0.5) is 0 Å². The van der Waals surface area contributed by atoms with E-state index in [-0.39, 0.29) is 0 Å². The van der Waals surface area contributed by atoms with Gasteiger partial charge in [-0.1, -0.05) is 32.1 Å². The van der Waals surface area contributed by atoms with E-state index < -0.39 is 0 Å². The SMILES string of the molecule is ClCCCCCCNCc1ccn(C2CCCCC2)n1. The third-order valence-electron chi connectivity index (χ3n) is 4.16. The standard InChI is InChI=1S/C16H28ClN3/c17-11-6-1-2-7-12-18-14-15-10-13-20(19-15)16-8-4-3-5-9-16/h10,13,16,18H,1-9,11-12,14H2. The second-order valence-corrected chi connectivity index (χ2v) is 6.24. The maximum atomic E-state index is 5.66. The van der Waals surface area contributed by atoms with Crippen LogP contribution in [0, 0.1) is 0 Å². The first-order chi connectivity index (χ1) is 9.90. The molecule has 114 valence electrons. The van der Waals surface area contributed by atoms with Gasteiger partial charge in [0.1, 0.15) is 0 Å². The molecule has 0 amide bonds. The number of aromatic nitrogens is 2. The van der Waals surface area contributed by atoms with E-state index in [2.05, 4.69) is 22.3 Å². The molecule has 0 unspecified atom stereocenters. The Balaban J connectivity index is 1.60. The molecule has 0 aromatic carbocycles. The minimum absolute atomic E-state index is 0.646. The lowest BCUT2D eigenvalue weighted by Gasteiger charge is -2.21. The number of hydrogen-bond acceptors (Lipinski definition) is 2. The molecule has 0 saturated heterocycles. The van der Waals surface area contributed by atoms with Gasteiger partial charge in [-0.15, -0.1) is 11.6 Å². The normalized spacial score (nSPS) is 16.6. The van der Waals surface area contributed by atoms with Crippen LogP contribution in [-0.2, 0) is 6.54 Å². The largest absolute Gasteiger partial charge is 0.311 e. The van der Waals surface area contributed by atoms with Gasteiger partial charge in [0.05, 0.1) is 11.7 Å². The van der Waals surface area contributed by atoms with Crippen molar-refractivity contribution in [1.29, 1.82) is 0 Å². The molecule has 4 heteroatoms. The monoisotopic (exact) mass is 297 g/mol. The number of halogens is 1. The topological polar surface area (TPSA) is 29.9 Å². The smallest absolute Gasteiger partial charge is 0.0762 e. The summed E-state index contributed by atoms with van der Waals surface area (Å²) in [7, 11) is 0. The van der Waals surface area contributed by atoms with Crippen LogP contribution in [0.25, 0.3) is 0 Å². The molecular weight excluding hydrogens is 270 g/mol. The van der Waals surface area contributed by atoms with Gasteiger partial charge in [-0.25, -0.2) is 0 Å². The molecule has 1 aliphatic rings. The Morgan fingerprint density at radius 1 is 1.15 bits per heavy atom. The summed E-state index contributed by atoms with van der Waals surface area (Å²) in [5.74, 6) is 0.798. The van der Waals surface area contributed by atoms with Gasteiger partial charge < -0.3 is 5.32 Å². The van der Waals surface area contributed by atoms with E-state index in [0.717, 1.165) is 25.4 Å². The van der Waals surface area contributed by atoms with E-state index in [9.17, 15) is 0 Å². The van der Waals surface area contributed by atoms with Crippen molar-refractivity contribution in [2.24, 2.45) is 0 Å². The Morgan fingerprint density at radius 3 is 2.75 bits per heavy atom. The zero-order valence-corrected chi connectivity index (χ0v) is 13.2. The number of hydrogen-bond donors (Lipinski definition) is 1. The molecule has 0 bridgehead atoms. The predicted octanol–water partition coefficient (Wildman–Crippen LogP) is 4.28. The van der Waals surface area contributed by atoms with Crippen LogP contribution in [0.2, 0.25) is 0 Å². The molecule has 1 heterocycles. The second kappa shape index (κ2) is 9.41. The molecule has 20 heavy (non-hydrogen) atoms. The van der Waals surface area contributed by atoms with Crippen LogP contribution in [0.15, 0.2) is 12.3 Å². The highest BCUT2D eigenvalue weighted by Gasteiger charge is 2.15.